The van der Waals surface area contributed by atoms with Gasteiger partial charge in [-0.1, -0.05) is 42.5 Å². The van der Waals surface area contributed by atoms with Crippen LogP contribution in [0.3, 0.4) is 0 Å². The normalized spacial score (nSPS) is 10.3. The lowest BCUT2D eigenvalue weighted by molar-refractivity contribution is -0.383. The monoisotopic (exact) mass is 263 g/mol. The first-order valence-corrected chi connectivity index (χ1v) is 5.97. The van der Waals surface area contributed by atoms with E-state index in [-0.39, 0.29) is 5.69 Å². The summed E-state index contributed by atoms with van der Waals surface area (Å²) in [7, 11) is 0. The van der Waals surface area contributed by atoms with E-state index in [1.165, 1.54) is 6.07 Å². The molecule has 0 radical (unpaired) electrons. The Bertz CT molecular complexity index is 845. The zero-order valence-electron chi connectivity index (χ0n) is 10.3. The first kappa shape index (κ1) is 11.9. The van der Waals surface area contributed by atoms with Crippen LogP contribution in [0.25, 0.3) is 22.0 Å². The molecule has 20 heavy (non-hydrogen) atoms. The van der Waals surface area contributed by atoms with Gasteiger partial charge >= 0.3 is 0 Å². The number of nitrogens with one attached hydrogen (secondary N) is 1. The van der Waals surface area contributed by atoms with Gasteiger partial charge in [0.2, 0.25) is 0 Å². The van der Waals surface area contributed by atoms with Gasteiger partial charge in [-0.2, -0.15) is 5.26 Å². The number of rotatable bonds is 2. The average molecular weight is 263 g/mol. The van der Waals surface area contributed by atoms with Gasteiger partial charge in [-0.3, -0.25) is 10.1 Å². The highest BCUT2D eigenvalue weighted by Gasteiger charge is 2.19. The molecule has 0 atom stereocenters. The third-order valence-electron chi connectivity index (χ3n) is 3.18. The van der Waals surface area contributed by atoms with Crippen molar-refractivity contribution in [3.8, 4) is 17.2 Å². The smallest absolute Gasteiger partial charge is 0.293 e. The maximum atomic E-state index is 11.1. The average Bonchev–Trinajstić information content (AvgIpc) is 2.86. The Morgan fingerprint density at radius 1 is 1.10 bits per heavy atom. The lowest BCUT2D eigenvalue weighted by Gasteiger charge is -2.00. The maximum absolute atomic E-state index is 11.1. The van der Waals surface area contributed by atoms with Crippen LogP contribution in [-0.2, 0) is 0 Å². The Balaban J connectivity index is 2.41. The van der Waals surface area contributed by atoms with Gasteiger partial charge in [-0.15, -0.1) is 0 Å². The van der Waals surface area contributed by atoms with Gasteiger partial charge in [0.25, 0.3) is 5.69 Å². The van der Waals surface area contributed by atoms with E-state index >= 15 is 0 Å². The number of fused-ring (bicyclic) bond motifs is 1. The van der Waals surface area contributed by atoms with Gasteiger partial charge < -0.3 is 4.98 Å². The molecule has 0 bridgehead atoms. The maximum Gasteiger partial charge on any atom is 0.293 e. The molecule has 0 saturated heterocycles. The van der Waals surface area contributed by atoms with E-state index < -0.39 is 4.92 Å². The van der Waals surface area contributed by atoms with Crippen molar-refractivity contribution in [1.82, 2.24) is 4.98 Å². The quantitative estimate of drug-likeness (QED) is 0.566. The van der Waals surface area contributed by atoms with Crippen molar-refractivity contribution in [3.63, 3.8) is 0 Å². The summed E-state index contributed by atoms with van der Waals surface area (Å²) < 4.78 is 0. The van der Waals surface area contributed by atoms with Gasteiger partial charge in [0.15, 0.2) is 0 Å². The van der Waals surface area contributed by atoms with Crippen LogP contribution < -0.4 is 0 Å². The zero-order valence-corrected chi connectivity index (χ0v) is 10.3. The fourth-order valence-corrected chi connectivity index (χ4v) is 2.34. The fraction of sp³-hybridized carbons (Fsp3) is 0. The minimum absolute atomic E-state index is 0.0267. The SMILES string of the molecule is N#Cc1[nH]c2c([N+](=O)[O-])cccc2c1-c1ccccc1. The van der Waals surface area contributed by atoms with Crippen LogP contribution in [0.15, 0.2) is 48.5 Å². The van der Waals surface area contributed by atoms with Crippen LogP contribution in [0.2, 0.25) is 0 Å². The number of non-ortho nitro benzene ring substituents is 1. The molecule has 0 saturated carbocycles. The first-order chi connectivity index (χ1) is 9.72. The molecule has 0 amide bonds. The topological polar surface area (TPSA) is 82.7 Å². The highest BCUT2D eigenvalue weighted by Crippen LogP contribution is 2.35. The van der Waals surface area contributed by atoms with E-state index in [1.807, 2.05) is 30.3 Å². The molecule has 0 aliphatic rings. The molecule has 0 aliphatic heterocycles. The molecule has 96 valence electrons. The Morgan fingerprint density at radius 3 is 2.50 bits per heavy atom. The lowest BCUT2D eigenvalue weighted by atomic mass is 10.0. The van der Waals surface area contributed by atoms with Crippen molar-refractivity contribution >= 4 is 16.6 Å². The van der Waals surface area contributed by atoms with Crippen molar-refractivity contribution in [2.24, 2.45) is 0 Å². The molecule has 2 aromatic carbocycles. The summed E-state index contributed by atoms with van der Waals surface area (Å²) in [4.78, 5) is 13.5. The third-order valence-corrected chi connectivity index (χ3v) is 3.18. The molecular formula is C15H9N3O2. The number of aromatic amines is 1. The number of hydrogen-bond acceptors (Lipinski definition) is 3. The summed E-state index contributed by atoms with van der Waals surface area (Å²) in [5.74, 6) is 0. The van der Waals surface area contributed by atoms with Crippen LogP contribution >= 0.6 is 0 Å². The Morgan fingerprint density at radius 2 is 1.85 bits per heavy atom. The number of nitriles is 1. The van der Waals surface area contributed by atoms with E-state index in [0.29, 0.717) is 22.2 Å². The van der Waals surface area contributed by atoms with Crippen LogP contribution in [-0.4, -0.2) is 9.91 Å². The second-order valence-electron chi connectivity index (χ2n) is 4.31. The third kappa shape index (κ3) is 1.71. The molecule has 1 N–H and O–H groups in total. The van der Waals surface area contributed by atoms with Gasteiger partial charge in [0.1, 0.15) is 17.3 Å². The minimum Gasteiger partial charge on any atom is -0.340 e. The highest BCUT2D eigenvalue weighted by molar-refractivity contribution is 6.02. The van der Waals surface area contributed by atoms with Gasteiger partial charge in [-0.05, 0) is 5.56 Å². The van der Waals surface area contributed by atoms with E-state index in [0.717, 1.165) is 5.56 Å². The van der Waals surface area contributed by atoms with E-state index in [1.54, 1.807) is 12.1 Å². The van der Waals surface area contributed by atoms with Crippen LogP contribution in [0.4, 0.5) is 5.69 Å². The Labute approximate surface area is 114 Å². The van der Waals surface area contributed by atoms with Crippen molar-refractivity contribution < 1.29 is 4.92 Å². The Hall–Kier alpha value is -3.13. The van der Waals surface area contributed by atoms with Crippen molar-refractivity contribution in [2.45, 2.75) is 0 Å². The number of H-pyrrole nitrogens is 1. The molecular weight excluding hydrogens is 254 g/mol. The second kappa shape index (κ2) is 4.52. The molecule has 3 rings (SSSR count). The molecule has 1 aromatic heterocycles. The zero-order chi connectivity index (χ0) is 14.1. The lowest BCUT2D eigenvalue weighted by Crippen LogP contribution is -1.88. The van der Waals surface area contributed by atoms with E-state index in [4.69, 9.17) is 0 Å². The van der Waals surface area contributed by atoms with E-state index in [9.17, 15) is 15.4 Å². The van der Waals surface area contributed by atoms with Gasteiger partial charge in [-0.25, -0.2) is 0 Å². The predicted molar refractivity (Wildman–Crippen MR) is 75.1 cm³/mol. The largest absolute Gasteiger partial charge is 0.340 e. The van der Waals surface area contributed by atoms with Crippen LogP contribution in [0.1, 0.15) is 5.69 Å². The van der Waals surface area contributed by atoms with Crippen LogP contribution in [0.5, 0.6) is 0 Å². The number of hydrogen-bond donors (Lipinski definition) is 1. The first-order valence-electron chi connectivity index (χ1n) is 5.97. The van der Waals surface area contributed by atoms with E-state index in [2.05, 4.69) is 11.1 Å². The minimum atomic E-state index is -0.450. The van der Waals surface area contributed by atoms with Gasteiger partial charge in [0.05, 0.1) is 4.92 Å². The number of nitro groups is 1. The second-order valence-corrected chi connectivity index (χ2v) is 4.31. The highest BCUT2D eigenvalue weighted by atomic mass is 16.6. The summed E-state index contributed by atoms with van der Waals surface area (Å²) in [6, 6.07) is 16.3. The van der Waals surface area contributed by atoms with Crippen molar-refractivity contribution in [2.75, 3.05) is 0 Å². The molecule has 0 fully saturated rings. The molecule has 0 aliphatic carbocycles. The van der Waals surface area contributed by atoms with Crippen molar-refractivity contribution in [3.05, 3.63) is 64.3 Å². The summed E-state index contributed by atoms with van der Waals surface area (Å²) in [5, 5.41) is 21.0. The summed E-state index contributed by atoms with van der Waals surface area (Å²) in [6.07, 6.45) is 0. The van der Waals surface area contributed by atoms with Crippen LogP contribution in [0, 0.1) is 21.4 Å². The number of para-hydroxylation sites is 1. The number of nitrogens with zero attached hydrogens (tertiary/aromatic N) is 2. The molecule has 5 nitrogen and oxygen atoms in total. The summed E-state index contributed by atoms with van der Waals surface area (Å²) in [6.45, 7) is 0. The predicted octanol–water partition coefficient (Wildman–Crippen LogP) is 3.61. The summed E-state index contributed by atoms with van der Waals surface area (Å²) in [5.41, 5.74) is 2.25. The molecule has 5 heteroatoms. The number of nitro benzene ring substituents is 1. The number of benzene rings is 2. The van der Waals surface area contributed by atoms with Crippen molar-refractivity contribution in [1.29, 1.82) is 5.26 Å². The molecule has 0 unspecified atom stereocenters. The molecule has 3 aromatic rings. The van der Waals surface area contributed by atoms with Gasteiger partial charge in [0, 0.05) is 17.0 Å². The Kier molecular flexibility index (Phi) is 2.70. The molecule has 1 heterocycles. The fourth-order valence-electron chi connectivity index (χ4n) is 2.34. The number of aromatic nitrogens is 1. The molecule has 0 spiro atoms. The standard InChI is InChI=1S/C15H9N3O2/c16-9-12-14(10-5-2-1-3-6-10)11-7-4-8-13(18(19)20)15(11)17-12/h1-8,17H. The summed E-state index contributed by atoms with van der Waals surface area (Å²) >= 11 is 0.